The lowest BCUT2D eigenvalue weighted by molar-refractivity contribution is 0.415. The minimum Gasteiger partial charge on any atom is -0.497 e. The molecule has 0 unspecified atom stereocenters. The minimum absolute atomic E-state index is 0.507. The van der Waals surface area contributed by atoms with Crippen molar-refractivity contribution >= 4 is 22.7 Å². The zero-order valence-electron chi connectivity index (χ0n) is 10.00. The Hall–Kier alpha value is -2.56. The van der Waals surface area contributed by atoms with E-state index in [9.17, 15) is 0 Å². The summed E-state index contributed by atoms with van der Waals surface area (Å²) in [5.41, 5.74) is 13.8. The van der Waals surface area contributed by atoms with E-state index in [2.05, 4.69) is 10.2 Å². The van der Waals surface area contributed by atoms with E-state index in [-0.39, 0.29) is 0 Å². The van der Waals surface area contributed by atoms with Crippen LogP contribution in [0, 0.1) is 0 Å². The predicted octanol–water partition coefficient (Wildman–Crippen LogP) is 3.27. The molecule has 2 aromatic rings. The van der Waals surface area contributed by atoms with Gasteiger partial charge in [0, 0.05) is 5.69 Å². The van der Waals surface area contributed by atoms with Gasteiger partial charge in [-0.25, -0.2) is 0 Å². The number of hydrogen-bond acceptors (Lipinski definition) is 5. The highest BCUT2D eigenvalue weighted by Gasteiger charge is 1.98. The quantitative estimate of drug-likeness (QED) is 0.639. The summed E-state index contributed by atoms with van der Waals surface area (Å²) in [6.45, 7) is 0. The third kappa shape index (κ3) is 2.76. The summed E-state index contributed by atoms with van der Waals surface area (Å²) in [4.78, 5) is 0. The molecule has 18 heavy (non-hydrogen) atoms. The Morgan fingerprint density at radius 1 is 0.944 bits per heavy atom. The zero-order chi connectivity index (χ0) is 13.0. The Kier molecular flexibility index (Phi) is 3.43. The monoisotopic (exact) mass is 242 g/mol. The highest BCUT2D eigenvalue weighted by Crippen LogP contribution is 2.26. The van der Waals surface area contributed by atoms with E-state index in [0.29, 0.717) is 17.1 Å². The van der Waals surface area contributed by atoms with Gasteiger partial charge in [-0.15, -0.1) is 5.11 Å². The van der Waals surface area contributed by atoms with Gasteiger partial charge >= 0.3 is 0 Å². The molecule has 2 aromatic carbocycles. The molecular weight excluding hydrogens is 228 g/mol. The SMILES string of the molecule is COc1ccc(N=Nc2ccc(N)cc2N)cc1. The Morgan fingerprint density at radius 3 is 2.28 bits per heavy atom. The first-order valence-electron chi connectivity index (χ1n) is 5.40. The van der Waals surface area contributed by atoms with Crippen LogP contribution in [0.4, 0.5) is 22.7 Å². The molecule has 4 N–H and O–H groups in total. The first-order chi connectivity index (χ1) is 8.69. The molecule has 0 spiro atoms. The van der Waals surface area contributed by atoms with Crippen molar-refractivity contribution in [3.8, 4) is 5.75 Å². The molecule has 0 aliphatic heterocycles. The van der Waals surface area contributed by atoms with Crippen LogP contribution in [0.15, 0.2) is 52.7 Å². The number of nitrogen functional groups attached to an aromatic ring is 2. The van der Waals surface area contributed by atoms with Gasteiger partial charge in [-0.05, 0) is 42.5 Å². The van der Waals surface area contributed by atoms with E-state index in [1.807, 2.05) is 24.3 Å². The van der Waals surface area contributed by atoms with Crippen LogP contribution in [0.5, 0.6) is 5.75 Å². The highest BCUT2D eigenvalue weighted by molar-refractivity contribution is 5.67. The number of hydrogen-bond donors (Lipinski definition) is 2. The summed E-state index contributed by atoms with van der Waals surface area (Å²) in [6.07, 6.45) is 0. The molecule has 92 valence electrons. The molecule has 0 aliphatic carbocycles. The number of rotatable bonds is 3. The van der Waals surface area contributed by atoms with Gasteiger partial charge < -0.3 is 16.2 Å². The van der Waals surface area contributed by atoms with Gasteiger partial charge in [0.05, 0.1) is 18.5 Å². The number of anilines is 2. The van der Waals surface area contributed by atoms with Crippen LogP contribution in [-0.2, 0) is 0 Å². The first-order valence-corrected chi connectivity index (χ1v) is 5.40. The van der Waals surface area contributed by atoms with E-state index < -0.39 is 0 Å². The van der Waals surface area contributed by atoms with Crippen molar-refractivity contribution in [1.82, 2.24) is 0 Å². The molecule has 0 fully saturated rings. The van der Waals surface area contributed by atoms with Crippen LogP contribution in [0.1, 0.15) is 0 Å². The lowest BCUT2D eigenvalue weighted by Gasteiger charge is -2.00. The summed E-state index contributed by atoms with van der Waals surface area (Å²) in [5.74, 6) is 0.779. The van der Waals surface area contributed by atoms with Gasteiger partial charge in [0.1, 0.15) is 11.4 Å². The van der Waals surface area contributed by atoms with Crippen molar-refractivity contribution in [3.05, 3.63) is 42.5 Å². The number of methoxy groups -OCH3 is 1. The second-order valence-electron chi connectivity index (χ2n) is 3.72. The van der Waals surface area contributed by atoms with Crippen LogP contribution in [0.25, 0.3) is 0 Å². The van der Waals surface area contributed by atoms with E-state index in [1.165, 1.54) is 0 Å². The average Bonchev–Trinajstić information content (AvgIpc) is 2.38. The fraction of sp³-hybridized carbons (Fsp3) is 0.0769. The maximum atomic E-state index is 5.78. The van der Waals surface area contributed by atoms with Crippen molar-refractivity contribution < 1.29 is 4.74 Å². The summed E-state index contributed by atoms with van der Waals surface area (Å²) in [5, 5.41) is 8.17. The van der Waals surface area contributed by atoms with E-state index in [4.69, 9.17) is 16.2 Å². The minimum atomic E-state index is 0.507. The summed E-state index contributed by atoms with van der Waals surface area (Å²) in [7, 11) is 1.62. The Morgan fingerprint density at radius 2 is 1.67 bits per heavy atom. The van der Waals surface area contributed by atoms with Gasteiger partial charge in [0.15, 0.2) is 0 Å². The molecule has 0 saturated heterocycles. The third-order valence-corrected chi connectivity index (χ3v) is 2.40. The topological polar surface area (TPSA) is 86.0 Å². The molecule has 0 atom stereocenters. The van der Waals surface area contributed by atoms with Gasteiger partial charge in [-0.2, -0.15) is 5.11 Å². The predicted molar refractivity (Wildman–Crippen MR) is 72.4 cm³/mol. The molecule has 0 aromatic heterocycles. The number of ether oxygens (including phenoxy) is 1. The number of nitrogens with zero attached hydrogens (tertiary/aromatic N) is 2. The zero-order valence-corrected chi connectivity index (χ0v) is 10.00. The van der Waals surface area contributed by atoms with Crippen LogP contribution >= 0.6 is 0 Å². The molecule has 5 nitrogen and oxygen atoms in total. The fourth-order valence-corrected chi connectivity index (χ4v) is 1.42. The van der Waals surface area contributed by atoms with Gasteiger partial charge in [-0.3, -0.25) is 0 Å². The summed E-state index contributed by atoms with van der Waals surface area (Å²) >= 11 is 0. The molecule has 5 heteroatoms. The van der Waals surface area contributed by atoms with Crippen molar-refractivity contribution in [2.24, 2.45) is 10.2 Å². The van der Waals surface area contributed by atoms with Crippen molar-refractivity contribution in [2.75, 3.05) is 18.6 Å². The molecular formula is C13H14N4O. The van der Waals surface area contributed by atoms with Crippen LogP contribution in [-0.4, -0.2) is 7.11 Å². The highest BCUT2D eigenvalue weighted by atomic mass is 16.5. The van der Waals surface area contributed by atoms with Crippen molar-refractivity contribution in [1.29, 1.82) is 0 Å². The molecule has 0 aliphatic rings. The third-order valence-electron chi connectivity index (χ3n) is 2.40. The smallest absolute Gasteiger partial charge is 0.119 e. The second kappa shape index (κ2) is 5.18. The van der Waals surface area contributed by atoms with E-state index in [0.717, 1.165) is 11.4 Å². The summed E-state index contributed by atoms with van der Waals surface area (Å²) in [6, 6.07) is 12.4. The lowest BCUT2D eigenvalue weighted by Crippen LogP contribution is -1.89. The Bertz CT molecular complexity index is 564. The van der Waals surface area contributed by atoms with Crippen molar-refractivity contribution in [2.45, 2.75) is 0 Å². The molecule has 0 bridgehead atoms. The average molecular weight is 242 g/mol. The maximum absolute atomic E-state index is 5.78. The number of nitrogens with two attached hydrogens (primary N) is 2. The Balaban J connectivity index is 2.19. The van der Waals surface area contributed by atoms with Gasteiger partial charge in [-0.1, -0.05) is 0 Å². The molecule has 0 heterocycles. The normalized spacial score (nSPS) is 10.7. The number of azo groups is 1. The Labute approximate surface area is 105 Å². The first kappa shape index (κ1) is 11.9. The van der Waals surface area contributed by atoms with Crippen LogP contribution in [0.2, 0.25) is 0 Å². The standard InChI is InChI=1S/C13H14N4O/c1-18-11-5-3-10(4-6-11)16-17-13-7-2-9(14)8-12(13)15/h2-8H,14-15H2,1H3. The largest absolute Gasteiger partial charge is 0.497 e. The molecule has 0 saturated carbocycles. The lowest BCUT2D eigenvalue weighted by atomic mass is 10.2. The van der Waals surface area contributed by atoms with Gasteiger partial charge in [0.2, 0.25) is 0 Å². The van der Waals surface area contributed by atoms with Crippen molar-refractivity contribution in [3.63, 3.8) is 0 Å². The van der Waals surface area contributed by atoms with E-state index in [1.54, 1.807) is 25.3 Å². The number of benzene rings is 2. The molecule has 0 radical (unpaired) electrons. The second-order valence-corrected chi connectivity index (χ2v) is 3.72. The summed E-state index contributed by atoms with van der Waals surface area (Å²) < 4.78 is 5.06. The maximum Gasteiger partial charge on any atom is 0.119 e. The fourth-order valence-electron chi connectivity index (χ4n) is 1.42. The van der Waals surface area contributed by atoms with E-state index >= 15 is 0 Å². The van der Waals surface area contributed by atoms with Crippen LogP contribution < -0.4 is 16.2 Å². The molecule has 0 amide bonds. The van der Waals surface area contributed by atoms with Gasteiger partial charge in [0.25, 0.3) is 0 Å². The van der Waals surface area contributed by atoms with Crippen LogP contribution in [0.3, 0.4) is 0 Å². The molecule has 2 rings (SSSR count).